The van der Waals surface area contributed by atoms with Gasteiger partial charge in [-0.15, -0.1) is 0 Å². The molecule has 9 atom stereocenters. The Morgan fingerprint density at radius 1 is 0.695 bits per heavy atom. The van der Waals surface area contributed by atoms with Crippen molar-refractivity contribution in [2.24, 2.45) is 0 Å². The number of hydrogen-bond acceptors (Lipinski definition) is 18. The van der Waals surface area contributed by atoms with E-state index < -0.39 is 144 Å². The van der Waals surface area contributed by atoms with E-state index in [0.717, 1.165) is 22.6 Å². The number of hydrogen-bond donors (Lipinski definition) is 9. The molecule has 7 heterocycles. The first kappa shape index (κ1) is 91.3. The van der Waals surface area contributed by atoms with Gasteiger partial charge in [0, 0.05) is 108 Å². The van der Waals surface area contributed by atoms with Gasteiger partial charge < -0.3 is 100 Å². The number of rotatable bonds is 15. The number of carbonyl (C=O) groups excluding carboxylic acids is 12. The molecule has 0 unspecified atom stereocenters. The lowest BCUT2D eigenvalue weighted by Crippen LogP contribution is -2.64. The Hall–Kier alpha value is -10.6. The number of nitrogens with one attached hydrogen (secondary N) is 8. The highest BCUT2D eigenvalue weighted by molar-refractivity contribution is 6.00. The van der Waals surface area contributed by atoms with Crippen LogP contribution >= 0.6 is 0 Å². The summed E-state index contributed by atoms with van der Waals surface area (Å²) in [7, 11) is 7.64. The first-order valence-corrected chi connectivity index (χ1v) is 40.0. The van der Waals surface area contributed by atoms with Crippen molar-refractivity contribution in [1.29, 1.82) is 0 Å². The lowest BCUT2D eigenvalue weighted by Gasteiger charge is -2.37. The molecule has 35 heteroatoms. The van der Waals surface area contributed by atoms with E-state index in [0.29, 0.717) is 108 Å². The number of aliphatic carboxylic acids is 1. The van der Waals surface area contributed by atoms with Gasteiger partial charge in [0.1, 0.15) is 72.5 Å². The molecule has 11 rings (SSSR count). The maximum absolute atomic E-state index is 16.2. The van der Waals surface area contributed by atoms with Crippen LogP contribution in [-0.4, -0.2) is 261 Å². The largest absolute Gasteiger partial charge is 0.542 e. The number of carboxylic acids is 1. The summed E-state index contributed by atoms with van der Waals surface area (Å²) in [5.41, 5.74) is 2.92. The van der Waals surface area contributed by atoms with E-state index >= 15 is 33.2 Å². The molecule has 0 spiro atoms. The van der Waals surface area contributed by atoms with E-state index in [-0.39, 0.29) is 110 Å². The zero-order valence-electron chi connectivity index (χ0n) is 67.5. The zero-order valence-corrected chi connectivity index (χ0v) is 67.5. The van der Waals surface area contributed by atoms with Crippen LogP contribution in [0.15, 0.2) is 97.2 Å². The molecule has 642 valence electrons. The fourth-order valence-corrected chi connectivity index (χ4v) is 14.9. The third kappa shape index (κ3) is 26.4. The second-order valence-corrected chi connectivity index (χ2v) is 31.6. The van der Waals surface area contributed by atoms with E-state index in [1.54, 1.807) is 72.6 Å². The Kier molecular flexibility index (Phi) is 33.0. The number of amides is 11. The second kappa shape index (κ2) is 42.7. The van der Waals surface area contributed by atoms with Crippen LogP contribution in [0.4, 0.5) is 17.6 Å². The van der Waals surface area contributed by atoms with Gasteiger partial charge in [0.25, 0.3) is 0 Å². The van der Waals surface area contributed by atoms with Crippen LogP contribution < -0.4 is 52.4 Å². The van der Waals surface area contributed by atoms with Crippen molar-refractivity contribution in [3.63, 3.8) is 0 Å². The Morgan fingerprint density at radius 3 is 2.09 bits per heavy atom. The van der Waals surface area contributed by atoms with Gasteiger partial charge in [-0.2, -0.15) is 13.2 Å². The maximum Gasteiger partial charge on any atom is 0.430 e. The molecule has 2 saturated heterocycles. The average molecular weight is 1650 g/mol. The third-order valence-electron chi connectivity index (χ3n) is 21.5. The summed E-state index contributed by atoms with van der Waals surface area (Å²) in [6.07, 6.45) is -3.79. The molecule has 0 radical (unpaired) electrons. The molecule has 12 bridgehead atoms. The van der Waals surface area contributed by atoms with Gasteiger partial charge in [-0.25, -0.2) is 4.39 Å². The van der Waals surface area contributed by atoms with E-state index in [4.69, 9.17) is 28.8 Å². The van der Waals surface area contributed by atoms with Gasteiger partial charge in [0.05, 0.1) is 66.9 Å². The minimum Gasteiger partial charge on any atom is -0.542 e. The molecule has 6 aliphatic heterocycles. The van der Waals surface area contributed by atoms with Crippen molar-refractivity contribution in [2.45, 2.75) is 190 Å². The highest BCUT2D eigenvalue weighted by Crippen LogP contribution is 2.33. The molecule has 4 aromatic carbocycles. The number of aromatic nitrogens is 1. The van der Waals surface area contributed by atoms with Crippen molar-refractivity contribution >= 4 is 81.9 Å². The number of ether oxygens (including phenoxy) is 4. The topological polar surface area (TPSA) is 396 Å². The molecular formula is C83H109F4N13O18. The van der Waals surface area contributed by atoms with E-state index in [2.05, 4.69) is 42.5 Å². The summed E-state index contributed by atoms with van der Waals surface area (Å²) >= 11 is 0. The van der Waals surface area contributed by atoms with Gasteiger partial charge in [0.2, 0.25) is 65.0 Å². The molecule has 31 nitrogen and oxygen atoms in total. The van der Waals surface area contributed by atoms with Crippen molar-refractivity contribution in [2.75, 3.05) is 101 Å². The van der Waals surface area contributed by atoms with E-state index in [1.807, 2.05) is 50.0 Å². The summed E-state index contributed by atoms with van der Waals surface area (Å²) in [6, 6.07) is 15.8. The quantitative estimate of drug-likeness (QED) is 0.0408. The summed E-state index contributed by atoms with van der Waals surface area (Å²) < 4.78 is 73.1. The number of aryl methyl sites for hydroxylation is 1. The van der Waals surface area contributed by atoms with Gasteiger partial charge in [-0.05, 0) is 123 Å². The number of nitrogens with zero attached hydrogens (tertiary/aromatic N) is 5. The first-order valence-electron chi connectivity index (χ1n) is 40.0. The minimum absolute atomic E-state index is 0.00371. The average Bonchev–Trinajstić information content (AvgIpc) is 1.62. The van der Waals surface area contributed by atoms with E-state index in [9.17, 15) is 42.3 Å². The number of fused-ring (bicyclic) bond motifs is 16. The number of aliphatic hydroxyl groups is 1. The Labute approximate surface area is 682 Å². The second-order valence-electron chi connectivity index (χ2n) is 31.6. The Balaban J connectivity index is 0.00000217. The fraction of sp³-hybridized carbons (Fsp3) is 0.542. The summed E-state index contributed by atoms with van der Waals surface area (Å²) in [4.78, 5) is 177. The molecule has 11 amide bonds. The zero-order chi connectivity index (χ0) is 85.4. The summed E-state index contributed by atoms with van der Waals surface area (Å²) in [5, 5.41) is 43.4. The Morgan fingerprint density at radius 2 is 1.39 bits per heavy atom. The highest BCUT2D eigenvalue weighted by Gasteiger charge is 2.50. The molecule has 0 saturated carbocycles. The van der Waals surface area contributed by atoms with Gasteiger partial charge in [-0.3, -0.25) is 52.7 Å². The predicted molar refractivity (Wildman–Crippen MR) is 419 cm³/mol. The minimum atomic E-state index is -5.19. The van der Waals surface area contributed by atoms with Crippen molar-refractivity contribution < 1.29 is 109 Å². The standard InChI is InChI=1S/C81H108FN13O16.C2HF3O2/c1-52(96)72-76(103)89-63(43-54-22-25-60(108-6)26-23-54)79(106)94-35-13-31-81(94,2)80(107)83-32-28-53-18-20-55(21-19-53)49-92-34-10-8-7-9-33-91-50-58(61-46-59(82)24-27-66(61)91)45-64-78(105)93-36-29-67(73(93)77(104)90-72)111-51-70(99)84-47-57-15-11-14-56(42-57)44-62(74(101)88-64)87-75(102)65(86-69(98)16-12-17-71(92)100)48-85-68(97)30-38-109-40-41-110-39-37-95(3,4)5;3-2(4,5)1(6)7/h11,14-15,18-27,42,46,50,52,62-65,67,72-73,96H,7-10,12-13,16-17,28-41,43-45,47-49,51H2,1-6H3,(H7-,83,84,85,86,87,88,89,90,97,98,99,101,102,103,104,107);(H,6,7)/t52-,62+,63+,64+,65-,67+,72+,73+,81+;/m1./s1. The van der Waals surface area contributed by atoms with Crippen LogP contribution in [-0.2, 0) is 117 Å². The fourth-order valence-electron chi connectivity index (χ4n) is 14.9. The molecule has 9 N–H and O–H groups in total. The number of quaternary nitrogens is 1. The third-order valence-corrected chi connectivity index (χ3v) is 21.5. The van der Waals surface area contributed by atoms with Crippen molar-refractivity contribution in [3.8, 4) is 5.75 Å². The first-order chi connectivity index (χ1) is 56.2. The van der Waals surface area contributed by atoms with Crippen molar-refractivity contribution in [3.05, 3.63) is 136 Å². The normalized spacial score (nSPS) is 23.4. The summed E-state index contributed by atoms with van der Waals surface area (Å²) in [6.45, 7) is 4.65. The van der Waals surface area contributed by atoms with Crippen LogP contribution in [0.1, 0.15) is 118 Å². The lowest BCUT2D eigenvalue weighted by molar-refractivity contribution is -0.870. The molecule has 1 aromatic heterocycles. The van der Waals surface area contributed by atoms with Crippen LogP contribution in [0.3, 0.4) is 0 Å². The number of carboxylic acid groups (broad SMARTS) is 1. The van der Waals surface area contributed by atoms with Crippen LogP contribution in [0.5, 0.6) is 5.75 Å². The molecule has 6 aliphatic rings. The number of carbonyl (C=O) groups is 12. The monoisotopic (exact) mass is 1650 g/mol. The molecule has 118 heavy (non-hydrogen) atoms. The lowest BCUT2D eigenvalue weighted by atomic mass is 9.95. The molecular weight excluding hydrogens is 1540 g/mol. The summed E-state index contributed by atoms with van der Waals surface area (Å²) in [5.74, 6) is -11.0. The maximum atomic E-state index is 16.2. The number of alkyl halides is 3. The highest BCUT2D eigenvalue weighted by atomic mass is 19.4. The van der Waals surface area contributed by atoms with Gasteiger partial charge in [0.15, 0.2) is 0 Å². The van der Waals surface area contributed by atoms with Crippen LogP contribution in [0.2, 0.25) is 0 Å². The molecule has 2 fully saturated rings. The van der Waals surface area contributed by atoms with Gasteiger partial charge >= 0.3 is 6.18 Å². The van der Waals surface area contributed by atoms with Crippen LogP contribution in [0, 0.1) is 5.82 Å². The number of benzene rings is 4. The molecule has 0 aliphatic carbocycles. The molecule has 5 aromatic rings. The van der Waals surface area contributed by atoms with Gasteiger partial charge in [-0.1, -0.05) is 73.5 Å². The predicted octanol–water partition coefficient (Wildman–Crippen LogP) is 1.61. The number of likely N-dealkylation sites (N-methyl/N-ethyl adjacent to an activating group) is 1. The SMILES string of the molecule is COc1ccc(C[C@@H]2NC(=O)[C@H]([C@@H](C)O)NC(=O)[C@@H]3[C@@H]4CCN3C(=O)[C@@H]3Cc5cn(c6ccc(F)cc56)CCCCCCN(Cc5ccc(cc5)CCNC(=O)[C@]5(C)CCCN5C2=O)C(=O)CCCC(=O)N[C@H](CNC(=O)CCOCCOCC[N+](C)(C)C)C(=O)N[C@@H](Cc2cccc(c2)CNC(=O)CO4)C(=O)N3)cc1.O=C([O-])C(F)(F)F. The smallest absolute Gasteiger partial charge is 0.430 e. The van der Waals surface area contributed by atoms with E-state index in [1.165, 1.54) is 31.1 Å². The number of halogens is 4. The number of aliphatic hydroxyl groups excluding tert-OH is 1. The number of methoxy groups -OCH3 is 1. The van der Waals surface area contributed by atoms with Crippen molar-refractivity contribution in [1.82, 2.24) is 61.8 Å². The van der Waals surface area contributed by atoms with Crippen LogP contribution in [0.25, 0.3) is 10.9 Å². The Bertz CT molecular complexity index is 4350.